The van der Waals surface area contributed by atoms with Crippen LogP contribution in [0.4, 0.5) is 5.69 Å². The van der Waals surface area contributed by atoms with Gasteiger partial charge in [-0.15, -0.1) is 11.8 Å². The van der Waals surface area contributed by atoms with Crippen LogP contribution in [0.3, 0.4) is 0 Å². The second kappa shape index (κ2) is 10.4. The molecule has 0 saturated carbocycles. The van der Waals surface area contributed by atoms with Gasteiger partial charge < -0.3 is 14.6 Å². The molecule has 0 radical (unpaired) electrons. The van der Waals surface area contributed by atoms with E-state index < -0.39 is 23.9 Å². The van der Waals surface area contributed by atoms with Gasteiger partial charge in [0.25, 0.3) is 5.91 Å². The molecule has 1 amide bonds. The van der Waals surface area contributed by atoms with E-state index in [1.807, 2.05) is 36.7 Å². The second-order valence-electron chi connectivity index (χ2n) is 7.93. The van der Waals surface area contributed by atoms with Gasteiger partial charge in [0.15, 0.2) is 17.8 Å². The number of aliphatic imine (C=N–C) groups is 1. The zero-order valence-corrected chi connectivity index (χ0v) is 19.2. The molecular weight excluding hydrogens is 416 g/mol. The lowest BCUT2D eigenvalue weighted by atomic mass is 9.83. The van der Waals surface area contributed by atoms with Crippen LogP contribution >= 0.6 is 11.8 Å². The van der Waals surface area contributed by atoms with Gasteiger partial charge in [0.05, 0.1) is 24.8 Å². The number of thioether (sulfide) groups is 1. The molecule has 0 spiro atoms. The minimum Gasteiger partial charge on any atom is -0.503 e. The van der Waals surface area contributed by atoms with Crippen LogP contribution in [-0.2, 0) is 19.1 Å². The van der Waals surface area contributed by atoms with Crippen LogP contribution in [0.25, 0.3) is 0 Å². The van der Waals surface area contributed by atoms with E-state index in [4.69, 9.17) is 9.47 Å². The van der Waals surface area contributed by atoms with Crippen molar-refractivity contribution in [1.29, 1.82) is 0 Å². The molecule has 2 heterocycles. The molecule has 0 fully saturated rings. The number of ether oxygens (including phenoxy) is 2. The Balaban J connectivity index is 2.04. The zero-order chi connectivity index (χ0) is 22.5. The van der Waals surface area contributed by atoms with E-state index in [1.165, 1.54) is 4.90 Å². The molecule has 3 atom stereocenters. The molecule has 3 rings (SSSR count). The summed E-state index contributed by atoms with van der Waals surface area (Å²) in [5, 5.41) is 10.8. The van der Waals surface area contributed by atoms with Crippen molar-refractivity contribution in [3.63, 3.8) is 0 Å². The first-order chi connectivity index (χ1) is 14.9. The van der Waals surface area contributed by atoms with Gasteiger partial charge in [0, 0.05) is 35.7 Å². The molecule has 1 aromatic carbocycles. The van der Waals surface area contributed by atoms with E-state index in [0.717, 1.165) is 4.90 Å². The highest BCUT2D eigenvalue weighted by atomic mass is 32.2. The van der Waals surface area contributed by atoms with Crippen LogP contribution in [0, 0.1) is 11.8 Å². The summed E-state index contributed by atoms with van der Waals surface area (Å²) in [6, 6.07) is 6.90. The standard InChI is InChI=1S/C23H30N2O5S/c1-14(2)20(26)18-19(17-6-5-11-24-22(17)30-13-12-29-3)25(23(28)21(18)27)15-7-9-16(31-4)10-8-15/h7-11,14,17,19,22,27H,5-6,12-13H2,1-4H3. The first-order valence-electron chi connectivity index (χ1n) is 10.5. The molecule has 168 valence electrons. The number of Topliss-reactive ketones (excluding diaryl/α,β-unsaturated/α-hetero) is 1. The van der Waals surface area contributed by atoms with Crippen molar-refractivity contribution >= 4 is 35.4 Å². The minimum atomic E-state index is -0.646. The number of carbonyl (C=O) groups excluding carboxylic acids is 2. The summed E-state index contributed by atoms with van der Waals surface area (Å²) in [5.74, 6) is -1.89. The largest absolute Gasteiger partial charge is 0.503 e. The highest BCUT2D eigenvalue weighted by molar-refractivity contribution is 7.98. The van der Waals surface area contributed by atoms with Crippen LogP contribution in [0.2, 0.25) is 0 Å². The molecule has 0 aromatic heterocycles. The first kappa shape index (κ1) is 23.5. The number of hydrogen-bond donors (Lipinski definition) is 1. The molecular formula is C23H30N2O5S. The quantitative estimate of drug-likeness (QED) is 0.460. The predicted octanol–water partition coefficient (Wildman–Crippen LogP) is 3.63. The average Bonchev–Trinajstić information content (AvgIpc) is 3.04. The van der Waals surface area contributed by atoms with Crippen molar-refractivity contribution in [2.24, 2.45) is 16.8 Å². The van der Waals surface area contributed by atoms with Gasteiger partial charge >= 0.3 is 0 Å². The number of hydrogen-bond acceptors (Lipinski definition) is 7. The van der Waals surface area contributed by atoms with Gasteiger partial charge in [-0.2, -0.15) is 0 Å². The summed E-state index contributed by atoms with van der Waals surface area (Å²) in [6.45, 7) is 4.31. The monoisotopic (exact) mass is 446 g/mol. The highest BCUT2D eigenvalue weighted by Crippen LogP contribution is 2.40. The van der Waals surface area contributed by atoms with Crippen LogP contribution in [0.5, 0.6) is 0 Å². The average molecular weight is 447 g/mol. The van der Waals surface area contributed by atoms with E-state index in [1.54, 1.807) is 32.7 Å². The molecule has 2 aliphatic heterocycles. The molecule has 2 aliphatic rings. The fourth-order valence-corrected chi connectivity index (χ4v) is 4.46. The van der Waals surface area contributed by atoms with Crippen molar-refractivity contribution < 1.29 is 24.2 Å². The summed E-state index contributed by atoms with van der Waals surface area (Å²) in [7, 11) is 1.60. The van der Waals surface area contributed by atoms with Crippen molar-refractivity contribution in [2.75, 3.05) is 31.5 Å². The molecule has 8 heteroatoms. The Morgan fingerprint density at radius 1 is 1.29 bits per heavy atom. The molecule has 1 N–H and O–H groups in total. The molecule has 3 unspecified atom stereocenters. The molecule has 0 bridgehead atoms. The third-order valence-electron chi connectivity index (χ3n) is 5.62. The number of aliphatic hydroxyl groups is 1. The van der Waals surface area contributed by atoms with Crippen LogP contribution in [-0.4, -0.2) is 61.9 Å². The van der Waals surface area contributed by atoms with Crippen LogP contribution < -0.4 is 4.90 Å². The maximum Gasteiger partial charge on any atom is 0.294 e. The van der Waals surface area contributed by atoms with Crippen molar-refractivity contribution in [1.82, 2.24) is 0 Å². The lowest BCUT2D eigenvalue weighted by Crippen LogP contribution is -2.47. The third kappa shape index (κ3) is 4.86. The van der Waals surface area contributed by atoms with Gasteiger partial charge in [-0.05, 0) is 43.4 Å². The Morgan fingerprint density at radius 2 is 2.00 bits per heavy atom. The Hall–Kier alpha value is -2.16. The number of methoxy groups -OCH3 is 1. The Morgan fingerprint density at radius 3 is 2.61 bits per heavy atom. The number of ketones is 1. The van der Waals surface area contributed by atoms with Gasteiger partial charge in [-0.3, -0.25) is 19.5 Å². The Kier molecular flexibility index (Phi) is 7.91. The number of rotatable bonds is 9. The fourth-order valence-electron chi connectivity index (χ4n) is 4.06. The summed E-state index contributed by atoms with van der Waals surface area (Å²) >= 11 is 1.60. The number of amides is 1. The highest BCUT2D eigenvalue weighted by Gasteiger charge is 2.49. The van der Waals surface area contributed by atoms with E-state index in [-0.39, 0.29) is 23.2 Å². The van der Waals surface area contributed by atoms with Gasteiger partial charge in [-0.1, -0.05) is 13.8 Å². The van der Waals surface area contributed by atoms with Gasteiger partial charge in [-0.25, -0.2) is 0 Å². The van der Waals surface area contributed by atoms with Crippen LogP contribution in [0.1, 0.15) is 26.7 Å². The third-order valence-corrected chi connectivity index (χ3v) is 6.36. The topological polar surface area (TPSA) is 88.4 Å². The zero-order valence-electron chi connectivity index (χ0n) is 18.4. The van der Waals surface area contributed by atoms with Gasteiger partial charge in [0.2, 0.25) is 0 Å². The fraction of sp³-hybridized carbons (Fsp3) is 0.522. The summed E-state index contributed by atoms with van der Waals surface area (Å²) in [4.78, 5) is 33.4. The SMILES string of the molecule is COCCOC1N=CCCC1C1C(C(=O)C(C)C)=C(O)C(=O)N1c1ccc(SC)cc1. The Bertz CT molecular complexity index is 865. The molecule has 7 nitrogen and oxygen atoms in total. The number of nitrogens with zero attached hydrogens (tertiary/aromatic N) is 2. The maximum absolute atomic E-state index is 13.2. The number of carbonyl (C=O) groups is 2. The second-order valence-corrected chi connectivity index (χ2v) is 8.81. The van der Waals surface area contributed by atoms with E-state index in [2.05, 4.69) is 4.99 Å². The van der Waals surface area contributed by atoms with E-state index >= 15 is 0 Å². The van der Waals surface area contributed by atoms with Crippen molar-refractivity contribution in [3.8, 4) is 0 Å². The van der Waals surface area contributed by atoms with Gasteiger partial charge in [0.1, 0.15) is 0 Å². The normalized spacial score (nSPS) is 23.8. The summed E-state index contributed by atoms with van der Waals surface area (Å²) in [6.07, 6.45) is 4.66. The lowest BCUT2D eigenvalue weighted by Gasteiger charge is -2.37. The predicted molar refractivity (Wildman–Crippen MR) is 122 cm³/mol. The van der Waals surface area contributed by atoms with Crippen molar-refractivity contribution in [2.45, 2.75) is 43.9 Å². The van der Waals surface area contributed by atoms with Crippen LogP contribution in [0.15, 0.2) is 45.5 Å². The molecule has 1 aromatic rings. The van der Waals surface area contributed by atoms with E-state index in [9.17, 15) is 14.7 Å². The molecule has 31 heavy (non-hydrogen) atoms. The van der Waals surface area contributed by atoms with Crippen molar-refractivity contribution in [3.05, 3.63) is 35.6 Å². The smallest absolute Gasteiger partial charge is 0.294 e. The number of benzene rings is 1. The van der Waals surface area contributed by atoms with E-state index in [0.29, 0.717) is 31.7 Å². The molecule has 0 saturated heterocycles. The number of anilines is 1. The maximum atomic E-state index is 13.2. The first-order valence-corrected chi connectivity index (χ1v) is 11.7. The Labute approximate surface area is 187 Å². The lowest BCUT2D eigenvalue weighted by molar-refractivity contribution is -0.119. The summed E-state index contributed by atoms with van der Waals surface area (Å²) in [5.41, 5.74) is 0.799. The molecule has 0 aliphatic carbocycles. The minimum absolute atomic E-state index is 0.163. The number of aliphatic hydroxyl groups excluding tert-OH is 1. The summed E-state index contributed by atoms with van der Waals surface area (Å²) < 4.78 is 11.0.